The number of halogens is 3. The van der Waals surface area contributed by atoms with Gasteiger partial charge in [0, 0.05) is 0 Å². The molecule has 0 spiro atoms. The van der Waals surface area contributed by atoms with Crippen LogP contribution in [0.1, 0.15) is 0 Å². The smallest absolute Gasteiger partial charge is 0.419 e. The number of carboxylic acid groups (broad SMARTS) is 1. The lowest BCUT2D eigenvalue weighted by Crippen LogP contribution is -2.33. The molecule has 0 bridgehead atoms. The molecule has 1 aromatic rings. The zero-order chi connectivity index (χ0) is 11.6. The van der Waals surface area contributed by atoms with Crippen LogP contribution in [0.25, 0.3) is 0 Å². The zero-order valence-corrected chi connectivity index (χ0v) is 8.69. The van der Waals surface area contributed by atoms with Gasteiger partial charge >= 0.3 is 11.2 Å². The van der Waals surface area contributed by atoms with Crippen LogP contribution in [-0.4, -0.2) is 20.5 Å². The lowest BCUT2D eigenvalue weighted by Gasteiger charge is -2.11. The average Bonchev–Trinajstić information content (AvgIpc) is 2.17. The van der Waals surface area contributed by atoms with Gasteiger partial charge in [0.1, 0.15) is 10.8 Å². The van der Waals surface area contributed by atoms with Gasteiger partial charge in [-0.05, 0) is 12.1 Å². The summed E-state index contributed by atoms with van der Waals surface area (Å²) in [5.74, 6) is -2.44. The monoisotopic (exact) mass is 254 g/mol. The maximum Gasteiger partial charge on any atom is 0.419 e. The summed E-state index contributed by atoms with van der Waals surface area (Å²) >= 11 is 5.51. The normalized spacial score (nSPS) is 13.5. The molecular weight excluding hydrogens is 250 g/mol. The molecule has 1 N–H and O–H groups in total. The Balaban J connectivity index is 3.16. The molecule has 0 amide bonds. The van der Waals surface area contributed by atoms with Crippen molar-refractivity contribution in [2.45, 2.75) is 10.2 Å². The second kappa shape index (κ2) is 4.24. The first-order valence-electron chi connectivity index (χ1n) is 3.65. The van der Waals surface area contributed by atoms with E-state index >= 15 is 0 Å². The number of alkyl halides is 2. The highest BCUT2D eigenvalue weighted by Crippen LogP contribution is 2.29. The van der Waals surface area contributed by atoms with Crippen molar-refractivity contribution in [3.8, 4) is 0 Å². The number of aliphatic carboxylic acids is 1. The molecular formula is C8H5ClF2O3S. The maximum absolute atomic E-state index is 12.8. The number of benzene rings is 1. The third-order valence-corrected chi connectivity index (χ3v) is 3.36. The standard InChI is InChI=1S/C8H5ClF2O3S/c9-5-3-1-2-4-6(5)15(14)8(10,11)7(12)13/h1-4H,(H,12,13). The number of hydrogen-bond donors (Lipinski definition) is 1. The predicted molar refractivity (Wildman–Crippen MR) is 50.4 cm³/mol. The molecule has 0 aromatic heterocycles. The number of hydrogen-bond acceptors (Lipinski definition) is 2. The molecule has 3 nitrogen and oxygen atoms in total. The van der Waals surface area contributed by atoms with Crippen molar-refractivity contribution < 1.29 is 22.9 Å². The molecule has 1 atom stereocenters. The molecule has 0 fully saturated rings. The minimum absolute atomic E-state index is 0.156. The van der Waals surface area contributed by atoms with Crippen molar-refractivity contribution in [3.05, 3.63) is 29.3 Å². The molecule has 0 saturated carbocycles. The van der Waals surface area contributed by atoms with Gasteiger partial charge in [0.25, 0.3) is 0 Å². The molecule has 0 saturated heterocycles. The summed E-state index contributed by atoms with van der Waals surface area (Å²) in [5.41, 5.74) is 0. The van der Waals surface area contributed by atoms with Gasteiger partial charge in [-0.25, -0.2) is 9.00 Å². The van der Waals surface area contributed by atoms with E-state index in [1.165, 1.54) is 18.2 Å². The van der Waals surface area contributed by atoms with Crippen molar-refractivity contribution in [3.63, 3.8) is 0 Å². The minimum atomic E-state index is -4.34. The first-order chi connectivity index (χ1) is 6.87. The van der Waals surface area contributed by atoms with Crippen LogP contribution in [0.15, 0.2) is 29.2 Å². The van der Waals surface area contributed by atoms with Gasteiger partial charge in [0.2, 0.25) is 0 Å². The molecule has 7 heteroatoms. The van der Waals surface area contributed by atoms with Crippen LogP contribution < -0.4 is 0 Å². The van der Waals surface area contributed by atoms with Crippen molar-refractivity contribution in [1.29, 1.82) is 0 Å². The Kier molecular flexibility index (Phi) is 3.41. The Labute approximate surface area is 91.1 Å². The number of carboxylic acids is 1. The van der Waals surface area contributed by atoms with Crippen LogP contribution in [0, 0.1) is 0 Å². The molecule has 0 aliphatic rings. The van der Waals surface area contributed by atoms with E-state index in [9.17, 15) is 17.8 Å². The van der Waals surface area contributed by atoms with Crippen LogP contribution >= 0.6 is 11.6 Å². The van der Waals surface area contributed by atoms with E-state index in [0.29, 0.717) is 0 Å². The highest BCUT2D eigenvalue weighted by atomic mass is 35.5. The van der Waals surface area contributed by atoms with Crippen molar-refractivity contribution in [2.75, 3.05) is 0 Å². The Morgan fingerprint density at radius 3 is 2.40 bits per heavy atom. The molecule has 0 aliphatic carbocycles. The van der Waals surface area contributed by atoms with Crippen LogP contribution in [0.5, 0.6) is 0 Å². The van der Waals surface area contributed by atoms with Crippen molar-refractivity contribution >= 4 is 28.4 Å². The third kappa shape index (κ3) is 2.32. The molecule has 0 aliphatic heterocycles. The van der Waals surface area contributed by atoms with Gasteiger partial charge in [-0.3, -0.25) is 0 Å². The number of rotatable bonds is 3. The summed E-state index contributed by atoms with van der Waals surface area (Å²) in [6.07, 6.45) is 0. The van der Waals surface area contributed by atoms with E-state index in [2.05, 4.69) is 0 Å². The van der Waals surface area contributed by atoms with E-state index < -0.39 is 26.9 Å². The fourth-order valence-corrected chi connectivity index (χ4v) is 2.04. The quantitative estimate of drug-likeness (QED) is 0.899. The number of carbonyl (C=O) groups is 1. The molecule has 82 valence electrons. The SMILES string of the molecule is O=C(O)C(F)(F)S(=O)c1ccccc1Cl. The largest absolute Gasteiger partial charge is 0.476 e. The predicted octanol–water partition coefficient (Wildman–Crippen LogP) is 2.12. The lowest BCUT2D eigenvalue weighted by molar-refractivity contribution is -0.153. The molecule has 0 heterocycles. The first kappa shape index (κ1) is 12.1. The second-order valence-corrected chi connectivity index (χ2v) is 4.42. The Morgan fingerprint density at radius 1 is 1.40 bits per heavy atom. The first-order valence-corrected chi connectivity index (χ1v) is 5.17. The topological polar surface area (TPSA) is 54.4 Å². The maximum atomic E-state index is 12.8. The van der Waals surface area contributed by atoms with E-state index in [4.69, 9.17) is 16.7 Å². The summed E-state index contributed by atoms with van der Waals surface area (Å²) in [6, 6.07) is 5.15. The summed E-state index contributed by atoms with van der Waals surface area (Å²) in [5, 5.41) is 3.68. The molecule has 1 unspecified atom stereocenters. The molecule has 1 rings (SSSR count). The lowest BCUT2D eigenvalue weighted by atomic mass is 10.4. The zero-order valence-electron chi connectivity index (χ0n) is 7.12. The summed E-state index contributed by atoms with van der Waals surface area (Å²) < 4.78 is 36.9. The van der Waals surface area contributed by atoms with Crippen LogP contribution in [-0.2, 0) is 15.6 Å². The summed E-state index contributed by atoms with van der Waals surface area (Å²) in [4.78, 5) is 9.76. The van der Waals surface area contributed by atoms with Crippen LogP contribution in [0.4, 0.5) is 8.78 Å². The van der Waals surface area contributed by atoms with Gasteiger partial charge in [-0.2, -0.15) is 8.78 Å². The fraction of sp³-hybridized carbons (Fsp3) is 0.125. The molecule has 1 aromatic carbocycles. The summed E-state index contributed by atoms with van der Waals surface area (Å²) in [6.45, 7) is 0. The van der Waals surface area contributed by atoms with Crippen molar-refractivity contribution in [2.24, 2.45) is 0 Å². The van der Waals surface area contributed by atoms with E-state index in [1.807, 2.05) is 0 Å². The van der Waals surface area contributed by atoms with Gasteiger partial charge in [-0.15, -0.1) is 0 Å². The van der Waals surface area contributed by atoms with Gasteiger partial charge in [0.15, 0.2) is 0 Å². The summed E-state index contributed by atoms with van der Waals surface area (Å²) in [7, 11) is -3.00. The molecule has 0 radical (unpaired) electrons. The second-order valence-electron chi connectivity index (χ2n) is 2.52. The van der Waals surface area contributed by atoms with Gasteiger partial charge in [0.05, 0.1) is 9.92 Å². The van der Waals surface area contributed by atoms with Crippen molar-refractivity contribution in [1.82, 2.24) is 0 Å². The highest BCUT2D eigenvalue weighted by Gasteiger charge is 2.47. The fourth-order valence-electron chi connectivity index (χ4n) is 0.812. The van der Waals surface area contributed by atoms with Gasteiger partial charge < -0.3 is 5.11 Å². The third-order valence-electron chi connectivity index (χ3n) is 1.52. The Morgan fingerprint density at radius 2 is 1.93 bits per heavy atom. The highest BCUT2D eigenvalue weighted by molar-refractivity contribution is 7.87. The Hall–Kier alpha value is -1.01. The van der Waals surface area contributed by atoms with Crippen LogP contribution in [0.2, 0.25) is 5.02 Å². The molecule has 15 heavy (non-hydrogen) atoms. The van der Waals surface area contributed by atoms with E-state index in [1.54, 1.807) is 0 Å². The van der Waals surface area contributed by atoms with E-state index in [-0.39, 0.29) is 5.02 Å². The van der Waals surface area contributed by atoms with Crippen LogP contribution in [0.3, 0.4) is 0 Å². The van der Waals surface area contributed by atoms with E-state index in [0.717, 1.165) is 6.07 Å². The minimum Gasteiger partial charge on any atom is -0.476 e. The Bertz CT molecular complexity index is 422. The average molecular weight is 255 g/mol. The van der Waals surface area contributed by atoms with Gasteiger partial charge in [-0.1, -0.05) is 23.7 Å².